The van der Waals surface area contributed by atoms with E-state index in [1.165, 1.54) is 11.9 Å². The summed E-state index contributed by atoms with van der Waals surface area (Å²) < 4.78 is 2.20. The highest BCUT2D eigenvalue weighted by Crippen LogP contribution is 2.21. The Morgan fingerprint density at radius 1 is 1.27 bits per heavy atom. The lowest BCUT2D eigenvalue weighted by molar-refractivity contribution is 0.308. The second kappa shape index (κ2) is 7.14. The number of rotatable bonds is 5. The second-order valence-electron chi connectivity index (χ2n) is 6.89. The van der Waals surface area contributed by atoms with Gasteiger partial charge >= 0.3 is 0 Å². The number of pyridine rings is 1. The predicted octanol–water partition coefficient (Wildman–Crippen LogP) is 2.77. The maximum absolute atomic E-state index is 8.82. The maximum atomic E-state index is 8.82. The van der Waals surface area contributed by atoms with Crippen molar-refractivity contribution < 1.29 is 0 Å². The molecular formula is C20H22N6. The third-order valence-corrected chi connectivity index (χ3v) is 5.08. The summed E-state index contributed by atoms with van der Waals surface area (Å²) >= 11 is 0. The molecule has 1 aromatic carbocycles. The number of para-hydroxylation sites is 2. The van der Waals surface area contributed by atoms with Crippen molar-refractivity contribution in [1.29, 1.82) is 5.26 Å². The Hall–Kier alpha value is -2.91. The molecule has 0 aliphatic carbocycles. The van der Waals surface area contributed by atoms with E-state index in [2.05, 4.69) is 51.1 Å². The molecule has 0 bridgehead atoms. The van der Waals surface area contributed by atoms with Gasteiger partial charge < -0.3 is 9.88 Å². The highest BCUT2D eigenvalue weighted by atomic mass is 15.2. The lowest BCUT2D eigenvalue weighted by atomic mass is 10.1. The average Bonchev–Trinajstić information content (AvgIpc) is 3.26. The fourth-order valence-corrected chi connectivity index (χ4v) is 3.57. The van der Waals surface area contributed by atoms with Gasteiger partial charge in [-0.15, -0.1) is 0 Å². The Labute approximate surface area is 153 Å². The summed E-state index contributed by atoms with van der Waals surface area (Å²) in [5, 5.41) is 12.2. The first-order valence-corrected chi connectivity index (χ1v) is 8.95. The van der Waals surface area contributed by atoms with E-state index in [9.17, 15) is 0 Å². The molecule has 1 aliphatic rings. The van der Waals surface area contributed by atoms with Gasteiger partial charge in [-0.1, -0.05) is 12.1 Å². The zero-order chi connectivity index (χ0) is 17.9. The van der Waals surface area contributed by atoms with Crippen molar-refractivity contribution in [3.63, 3.8) is 0 Å². The first kappa shape index (κ1) is 16.6. The molecule has 26 heavy (non-hydrogen) atoms. The maximum Gasteiger partial charge on any atom is 0.125 e. The molecule has 2 aromatic heterocycles. The van der Waals surface area contributed by atoms with Crippen molar-refractivity contribution in [2.24, 2.45) is 13.0 Å². The second-order valence-corrected chi connectivity index (χ2v) is 6.89. The van der Waals surface area contributed by atoms with Crippen LogP contribution in [0, 0.1) is 17.2 Å². The Bertz CT molecular complexity index is 937. The summed E-state index contributed by atoms with van der Waals surface area (Å²) in [5.41, 5.74) is 2.84. The van der Waals surface area contributed by atoms with Gasteiger partial charge in [0.05, 0.1) is 23.1 Å². The van der Waals surface area contributed by atoms with Crippen LogP contribution in [0.2, 0.25) is 0 Å². The van der Waals surface area contributed by atoms with Crippen LogP contribution < -0.4 is 5.32 Å². The summed E-state index contributed by atoms with van der Waals surface area (Å²) in [6, 6.07) is 14.0. The molecule has 1 aliphatic heterocycles. The quantitative estimate of drug-likeness (QED) is 0.769. The van der Waals surface area contributed by atoms with Gasteiger partial charge in [0.1, 0.15) is 17.7 Å². The van der Waals surface area contributed by atoms with Crippen LogP contribution in [0.4, 0.5) is 5.82 Å². The number of benzene rings is 1. The summed E-state index contributed by atoms with van der Waals surface area (Å²) in [7, 11) is 2.09. The van der Waals surface area contributed by atoms with Crippen LogP contribution in [0.5, 0.6) is 0 Å². The molecule has 1 N–H and O–H groups in total. The molecule has 6 heteroatoms. The van der Waals surface area contributed by atoms with Gasteiger partial charge in [0.25, 0.3) is 0 Å². The zero-order valence-electron chi connectivity index (χ0n) is 14.9. The molecule has 0 amide bonds. The fourth-order valence-electron chi connectivity index (χ4n) is 3.57. The van der Waals surface area contributed by atoms with Crippen LogP contribution in [-0.2, 0) is 13.6 Å². The highest BCUT2D eigenvalue weighted by molar-refractivity contribution is 5.75. The number of hydrogen-bond acceptors (Lipinski definition) is 5. The number of nitrogens with one attached hydrogen (secondary N) is 1. The molecule has 1 fully saturated rings. The lowest BCUT2D eigenvalue weighted by Gasteiger charge is -2.16. The molecule has 1 atom stereocenters. The minimum atomic E-state index is 0.588. The topological polar surface area (TPSA) is 69.8 Å². The number of imidazole rings is 1. The number of nitrogens with zero attached hydrogens (tertiary/aromatic N) is 5. The van der Waals surface area contributed by atoms with Crippen LogP contribution in [0.3, 0.4) is 0 Å². The third-order valence-electron chi connectivity index (χ3n) is 5.08. The monoisotopic (exact) mass is 346 g/mol. The minimum Gasteiger partial charge on any atom is -0.370 e. The van der Waals surface area contributed by atoms with Gasteiger partial charge in [-0.05, 0) is 43.1 Å². The van der Waals surface area contributed by atoms with Crippen molar-refractivity contribution in [2.75, 3.05) is 25.0 Å². The van der Waals surface area contributed by atoms with Crippen LogP contribution in [0.15, 0.2) is 42.6 Å². The van der Waals surface area contributed by atoms with E-state index in [4.69, 9.17) is 10.2 Å². The molecular weight excluding hydrogens is 324 g/mol. The van der Waals surface area contributed by atoms with Crippen molar-refractivity contribution in [3.8, 4) is 6.07 Å². The predicted molar refractivity (Wildman–Crippen MR) is 102 cm³/mol. The number of fused-ring (bicyclic) bond motifs is 1. The van der Waals surface area contributed by atoms with Crippen molar-refractivity contribution in [1.82, 2.24) is 19.4 Å². The summed E-state index contributed by atoms with van der Waals surface area (Å²) in [6.07, 6.45) is 2.78. The van der Waals surface area contributed by atoms with E-state index < -0.39 is 0 Å². The molecule has 132 valence electrons. The number of hydrogen-bond donors (Lipinski definition) is 1. The lowest BCUT2D eigenvalue weighted by Crippen LogP contribution is -2.24. The number of aromatic nitrogens is 3. The normalized spacial score (nSPS) is 17.5. The van der Waals surface area contributed by atoms with Gasteiger partial charge in [0.15, 0.2) is 0 Å². The average molecular weight is 346 g/mol. The van der Waals surface area contributed by atoms with Gasteiger partial charge in [0, 0.05) is 26.3 Å². The highest BCUT2D eigenvalue weighted by Gasteiger charge is 2.23. The van der Waals surface area contributed by atoms with Gasteiger partial charge in [0.2, 0.25) is 0 Å². The van der Waals surface area contributed by atoms with E-state index in [1.54, 1.807) is 12.3 Å². The molecule has 0 spiro atoms. The van der Waals surface area contributed by atoms with Crippen LogP contribution in [0.1, 0.15) is 17.8 Å². The Kier molecular flexibility index (Phi) is 4.55. The number of aryl methyl sites for hydroxylation is 1. The fraction of sp³-hybridized carbons (Fsp3) is 0.350. The third kappa shape index (κ3) is 3.39. The molecule has 0 saturated carbocycles. The van der Waals surface area contributed by atoms with Crippen molar-refractivity contribution >= 4 is 16.9 Å². The number of nitriles is 1. The van der Waals surface area contributed by atoms with Crippen LogP contribution >= 0.6 is 0 Å². The van der Waals surface area contributed by atoms with Crippen LogP contribution in [-0.4, -0.2) is 39.1 Å². The van der Waals surface area contributed by atoms with Crippen molar-refractivity contribution in [3.05, 3.63) is 54.0 Å². The molecule has 1 saturated heterocycles. The number of anilines is 1. The van der Waals surface area contributed by atoms with Gasteiger partial charge in [-0.3, -0.25) is 4.90 Å². The van der Waals surface area contributed by atoms with E-state index in [1.807, 2.05) is 12.1 Å². The summed E-state index contributed by atoms with van der Waals surface area (Å²) in [6.45, 7) is 3.94. The summed E-state index contributed by atoms with van der Waals surface area (Å²) in [5.74, 6) is 2.55. The molecule has 0 radical (unpaired) electrons. The van der Waals surface area contributed by atoms with Crippen LogP contribution in [0.25, 0.3) is 11.0 Å². The van der Waals surface area contributed by atoms with E-state index >= 15 is 0 Å². The Morgan fingerprint density at radius 3 is 2.92 bits per heavy atom. The Balaban J connectivity index is 1.33. The zero-order valence-corrected chi connectivity index (χ0v) is 14.9. The first-order valence-electron chi connectivity index (χ1n) is 8.95. The number of likely N-dealkylation sites (tertiary alicyclic amines) is 1. The molecule has 0 unspecified atom stereocenters. The largest absolute Gasteiger partial charge is 0.370 e. The van der Waals surface area contributed by atoms with E-state index in [0.29, 0.717) is 11.5 Å². The van der Waals surface area contributed by atoms with E-state index in [-0.39, 0.29) is 0 Å². The SMILES string of the molecule is Cn1c(CN2CC[C@@H](CNc3ccc(C#N)cn3)C2)nc2ccccc21. The van der Waals surface area contributed by atoms with Crippen molar-refractivity contribution in [2.45, 2.75) is 13.0 Å². The minimum absolute atomic E-state index is 0.588. The summed E-state index contributed by atoms with van der Waals surface area (Å²) in [4.78, 5) is 11.5. The molecule has 6 nitrogen and oxygen atoms in total. The van der Waals surface area contributed by atoms with Gasteiger partial charge in [-0.2, -0.15) is 5.26 Å². The molecule has 3 heterocycles. The smallest absolute Gasteiger partial charge is 0.125 e. The Morgan fingerprint density at radius 2 is 2.15 bits per heavy atom. The molecule has 3 aromatic rings. The standard InChI is InChI=1S/C20H22N6/c1-25-18-5-3-2-4-17(18)24-20(25)14-26-9-8-16(13-26)12-23-19-7-6-15(10-21)11-22-19/h2-7,11,16H,8-9,12-14H2,1H3,(H,22,23)/t16-/m0/s1. The van der Waals surface area contributed by atoms with Gasteiger partial charge in [-0.25, -0.2) is 9.97 Å². The first-order chi connectivity index (χ1) is 12.7. The van der Waals surface area contributed by atoms with E-state index in [0.717, 1.165) is 43.3 Å². The molecule has 4 rings (SSSR count).